The first kappa shape index (κ1) is 15.4. The van der Waals surface area contributed by atoms with Crippen molar-refractivity contribution >= 4 is 12.0 Å². The lowest BCUT2D eigenvalue weighted by Crippen LogP contribution is -2.46. The van der Waals surface area contributed by atoms with E-state index in [2.05, 4.69) is 19.2 Å². The molecule has 1 fully saturated rings. The van der Waals surface area contributed by atoms with Crippen LogP contribution in [0.3, 0.4) is 0 Å². The molecule has 0 bridgehead atoms. The van der Waals surface area contributed by atoms with Gasteiger partial charge in [-0.15, -0.1) is 0 Å². The topological polar surface area (TPSA) is 69.6 Å². The van der Waals surface area contributed by atoms with E-state index in [1.54, 1.807) is 29.2 Å². The van der Waals surface area contributed by atoms with Crippen molar-refractivity contribution in [1.82, 2.24) is 10.2 Å². The monoisotopic (exact) mass is 290 g/mol. The van der Waals surface area contributed by atoms with E-state index in [9.17, 15) is 14.7 Å². The second-order valence-corrected chi connectivity index (χ2v) is 5.91. The summed E-state index contributed by atoms with van der Waals surface area (Å²) in [5.41, 5.74) is 0.582. The second-order valence-electron chi connectivity index (χ2n) is 5.91. The van der Waals surface area contributed by atoms with Gasteiger partial charge < -0.3 is 15.3 Å². The molecule has 0 heterocycles. The molecular formula is C16H22N2O3. The molecule has 0 saturated heterocycles. The number of carbonyl (C=O) groups is 2. The fourth-order valence-electron chi connectivity index (χ4n) is 2.32. The summed E-state index contributed by atoms with van der Waals surface area (Å²) in [6.45, 7) is 4.75. The molecule has 21 heavy (non-hydrogen) atoms. The zero-order valence-corrected chi connectivity index (χ0v) is 12.5. The molecule has 2 rings (SSSR count). The highest BCUT2D eigenvalue weighted by molar-refractivity contribution is 5.84. The number of hydrogen-bond acceptors (Lipinski definition) is 2. The minimum Gasteiger partial charge on any atom is -0.479 e. The van der Waals surface area contributed by atoms with Gasteiger partial charge in [0.2, 0.25) is 0 Å². The summed E-state index contributed by atoms with van der Waals surface area (Å²) in [7, 11) is 0. The predicted molar refractivity (Wildman–Crippen MR) is 79.9 cm³/mol. The Morgan fingerprint density at radius 3 is 2.38 bits per heavy atom. The average Bonchev–Trinajstić information content (AvgIpc) is 3.26. The molecule has 0 spiro atoms. The van der Waals surface area contributed by atoms with E-state index in [1.165, 1.54) is 0 Å². The molecule has 1 aromatic carbocycles. The first-order chi connectivity index (χ1) is 9.99. The number of carboxylic acid groups (broad SMARTS) is 1. The van der Waals surface area contributed by atoms with E-state index in [-0.39, 0.29) is 12.1 Å². The van der Waals surface area contributed by atoms with Gasteiger partial charge >= 0.3 is 12.0 Å². The summed E-state index contributed by atoms with van der Waals surface area (Å²) in [5, 5.41) is 12.0. The van der Waals surface area contributed by atoms with Crippen LogP contribution in [0.5, 0.6) is 0 Å². The van der Waals surface area contributed by atoms with Crippen LogP contribution in [0.25, 0.3) is 0 Å². The van der Waals surface area contributed by atoms with Crippen molar-refractivity contribution in [3.63, 3.8) is 0 Å². The van der Waals surface area contributed by atoms with Crippen molar-refractivity contribution in [2.75, 3.05) is 6.54 Å². The Kier molecular flexibility index (Phi) is 4.83. The van der Waals surface area contributed by atoms with E-state index < -0.39 is 12.0 Å². The molecular weight excluding hydrogens is 268 g/mol. The predicted octanol–water partition coefficient (Wildman–Crippen LogP) is 2.64. The molecule has 5 nitrogen and oxygen atoms in total. The van der Waals surface area contributed by atoms with Crippen LogP contribution in [0.1, 0.15) is 38.3 Å². The lowest BCUT2D eigenvalue weighted by atomic mass is 10.1. The molecule has 1 saturated carbocycles. The maximum Gasteiger partial charge on any atom is 0.330 e. The minimum absolute atomic E-state index is 0.262. The van der Waals surface area contributed by atoms with E-state index in [1.807, 2.05) is 6.07 Å². The average molecular weight is 290 g/mol. The molecule has 1 aromatic rings. The lowest BCUT2D eigenvalue weighted by Gasteiger charge is -2.26. The third-order valence-electron chi connectivity index (χ3n) is 3.46. The zero-order chi connectivity index (χ0) is 15.4. The van der Waals surface area contributed by atoms with E-state index in [0.29, 0.717) is 18.0 Å². The highest BCUT2D eigenvalue weighted by atomic mass is 16.4. The van der Waals surface area contributed by atoms with E-state index in [0.717, 1.165) is 12.8 Å². The number of benzene rings is 1. The van der Waals surface area contributed by atoms with Gasteiger partial charge in [0.25, 0.3) is 0 Å². The number of nitrogens with one attached hydrogen (secondary N) is 1. The molecule has 2 amide bonds. The van der Waals surface area contributed by atoms with Gasteiger partial charge in [0.1, 0.15) is 0 Å². The summed E-state index contributed by atoms with van der Waals surface area (Å²) in [6.07, 6.45) is 2.01. The summed E-state index contributed by atoms with van der Waals surface area (Å²) >= 11 is 0. The molecule has 0 unspecified atom stereocenters. The summed E-state index contributed by atoms with van der Waals surface area (Å²) in [6, 6.07) is 7.74. The van der Waals surface area contributed by atoms with Crippen LogP contribution in [-0.2, 0) is 4.79 Å². The Labute approximate surface area is 125 Å². The van der Waals surface area contributed by atoms with Gasteiger partial charge in [0.15, 0.2) is 6.04 Å². The van der Waals surface area contributed by atoms with Crippen LogP contribution in [0.15, 0.2) is 30.3 Å². The SMILES string of the molecule is CC(C)CN(C(=O)N[C@H](C(=O)O)c1ccccc1)C1CC1. The third kappa shape index (κ3) is 4.21. The Bertz CT molecular complexity index is 498. The van der Waals surface area contributed by atoms with Gasteiger partial charge in [-0.1, -0.05) is 44.2 Å². The number of aliphatic carboxylic acids is 1. The highest BCUT2D eigenvalue weighted by Gasteiger charge is 2.34. The maximum absolute atomic E-state index is 12.4. The molecule has 2 N–H and O–H groups in total. The van der Waals surface area contributed by atoms with Crippen molar-refractivity contribution in [1.29, 1.82) is 0 Å². The van der Waals surface area contributed by atoms with Crippen LogP contribution in [-0.4, -0.2) is 34.6 Å². The highest BCUT2D eigenvalue weighted by Crippen LogP contribution is 2.28. The second kappa shape index (κ2) is 6.61. The molecule has 114 valence electrons. The minimum atomic E-state index is -1.05. The van der Waals surface area contributed by atoms with Crippen LogP contribution >= 0.6 is 0 Å². The Morgan fingerprint density at radius 2 is 1.90 bits per heavy atom. The van der Waals surface area contributed by atoms with Crippen molar-refractivity contribution < 1.29 is 14.7 Å². The largest absolute Gasteiger partial charge is 0.479 e. The fourth-order valence-corrected chi connectivity index (χ4v) is 2.32. The molecule has 0 aromatic heterocycles. The van der Waals surface area contributed by atoms with Crippen molar-refractivity contribution in [2.24, 2.45) is 5.92 Å². The molecule has 0 radical (unpaired) electrons. The third-order valence-corrected chi connectivity index (χ3v) is 3.46. The number of amides is 2. The molecule has 1 aliphatic carbocycles. The van der Waals surface area contributed by atoms with Gasteiger partial charge in [-0.2, -0.15) is 0 Å². The van der Waals surface area contributed by atoms with Crippen LogP contribution in [0.4, 0.5) is 4.79 Å². The number of rotatable bonds is 6. The fraction of sp³-hybridized carbons (Fsp3) is 0.500. The number of carboxylic acids is 1. The molecule has 5 heteroatoms. The normalized spacial score (nSPS) is 15.6. The van der Waals surface area contributed by atoms with Gasteiger partial charge in [0.05, 0.1) is 0 Å². The first-order valence-corrected chi connectivity index (χ1v) is 7.34. The van der Waals surface area contributed by atoms with Gasteiger partial charge in [-0.05, 0) is 24.3 Å². The Morgan fingerprint density at radius 1 is 1.29 bits per heavy atom. The Hall–Kier alpha value is -2.04. The summed E-state index contributed by atoms with van der Waals surface area (Å²) in [4.78, 5) is 25.6. The van der Waals surface area contributed by atoms with E-state index >= 15 is 0 Å². The number of carbonyl (C=O) groups excluding carboxylic acids is 1. The van der Waals surface area contributed by atoms with Gasteiger partial charge in [-0.25, -0.2) is 9.59 Å². The smallest absolute Gasteiger partial charge is 0.330 e. The van der Waals surface area contributed by atoms with Crippen LogP contribution in [0, 0.1) is 5.92 Å². The Balaban J connectivity index is 2.09. The summed E-state index contributed by atoms with van der Waals surface area (Å²) < 4.78 is 0. The quantitative estimate of drug-likeness (QED) is 0.846. The zero-order valence-electron chi connectivity index (χ0n) is 12.5. The number of nitrogens with zero attached hydrogens (tertiary/aromatic N) is 1. The first-order valence-electron chi connectivity index (χ1n) is 7.34. The van der Waals surface area contributed by atoms with E-state index in [4.69, 9.17) is 0 Å². The van der Waals surface area contributed by atoms with Gasteiger partial charge in [-0.3, -0.25) is 0 Å². The maximum atomic E-state index is 12.4. The summed E-state index contributed by atoms with van der Waals surface area (Å²) in [5.74, 6) is -0.689. The van der Waals surface area contributed by atoms with Crippen LogP contribution in [0.2, 0.25) is 0 Å². The van der Waals surface area contributed by atoms with Crippen LogP contribution < -0.4 is 5.32 Å². The lowest BCUT2D eigenvalue weighted by molar-refractivity contribution is -0.139. The molecule has 1 aliphatic rings. The van der Waals surface area contributed by atoms with Crippen molar-refractivity contribution in [2.45, 2.75) is 38.8 Å². The molecule has 1 atom stereocenters. The molecule has 0 aliphatic heterocycles. The number of urea groups is 1. The number of hydrogen-bond donors (Lipinski definition) is 2. The van der Waals surface area contributed by atoms with Crippen molar-refractivity contribution in [3.8, 4) is 0 Å². The standard InChI is InChI=1S/C16H22N2O3/c1-11(2)10-18(13-8-9-13)16(21)17-14(15(19)20)12-6-4-3-5-7-12/h3-7,11,13-14H,8-10H2,1-2H3,(H,17,21)(H,19,20)/t14-/m0/s1. The van der Waals surface area contributed by atoms with Crippen molar-refractivity contribution in [3.05, 3.63) is 35.9 Å². The van der Waals surface area contributed by atoms with Gasteiger partial charge in [0, 0.05) is 12.6 Å².